The molecule has 3 aromatic heterocycles. The number of carbonyl (C=O) groups is 1. The summed E-state index contributed by atoms with van der Waals surface area (Å²) >= 11 is 6.02. The van der Waals surface area contributed by atoms with E-state index in [9.17, 15) is 13.2 Å². The number of carbonyl (C=O) groups excluding carboxylic acids is 1. The Bertz CT molecular complexity index is 1450. The van der Waals surface area contributed by atoms with Gasteiger partial charge in [0.2, 0.25) is 0 Å². The zero-order valence-corrected chi connectivity index (χ0v) is 19.4. The average molecular weight is 487 g/mol. The summed E-state index contributed by atoms with van der Waals surface area (Å²) in [6.07, 6.45) is 7.52. The number of hydrogen-bond donors (Lipinski definition) is 1. The first kappa shape index (κ1) is 22.6. The lowest BCUT2D eigenvalue weighted by atomic mass is 10.1. The van der Waals surface area contributed by atoms with Gasteiger partial charge in [0.15, 0.2) is 15.7 Å². The normalized spacial score (nSPS) is 12.5. The third kappa shape index (κ3) is 4.91. The number of hydrogen-bond acceptors (Lipinski definition) is 8. The van der Waals surface area contributed by atoms with E-state index in [0.29, 0.717) is 22.9 Å². The van der Waals surface area contributed by atoms with Gasteiger partial charge in [0.05, 0.1) is 22.8 Å². The van der Waals surface area contributed by atoms with Gasteiger partial charge in [-0.1, -0.05) is 16.8 Å². The molecule has 170 valence electrons. The average Bonchev–Trinajstić information content (AvgIpc) is 3.41. The van der Waals surface area contributed by atoms with E-state index in [2.05, 4.69) is 30.7 Å². The summed E-state index contributed by atoms with van der Waals surface area (Å²) in [7, 11) is -1.74. The van der Waals surface area contributed by atoms with Gasteiger partial charge >= 0.3 is 0 Å². The predicted molar refractivity (Wildman–Crippen MR) is 120 cm³/mol. The van der Waals surface area contributed by atoms with Crippen molar-refractivity contribution in [3.8, 4) is 17.2 Å². The van der Waals surface area contributed by atoms with Gasteiger partial charge in [0.1, 0.15) is 11.4 Å². The van der Waals surface area contributed by atoms with Crippen LogP contribution in [0, 0.1) is 0 Å². The van der Waals surface area contributed by atoms with Crippen molar-refractivity contribution >= 4 is 27.3 Å². The maximum Gasteiger partial charge on any atom is 0.251 e. The first-order valence-corrected chi connectivity index (χ1v) is 11.9. The number of aryl methyl sites for hydroxylation is 1. The van der Waals surface area contributed by atoms with Crippen LogP contribution in [0.25, 0.3) is 17.2 Å². The number of rotatable bonds is 6. The second kappa shape index (κ2) is 8.71. The Kier molecular flexibility index (Phi) is 5.95. The summed E-state index contributed by atoms with van der Waals surface area (Å²) in [5.41, 5.74) is 1.47. The van der Waals surface area contributed by atoms with Crippen LogP contribution in [0.2, 0.25) is 5.02 Å². The smallest absolute Gasteiger partial charge is 0.251 e. The lowest BCUT2D eigenvalue weighted by Gasteiger charge is -2.16. The highest BCUT2D eigenvalue weighted by molar-refractivity contribution is 7.90. The van der Waals surface area contributed by atoms with Crippen molar-refractivity contribution < 1.29 is 13.2 Å². The van der Waals surface area contributed by atoms with Crippen LogP contribution in [0.15, 0.2) is 53.9 Å². The van der Waals surface area contributed by atoms with Crippen LogP contribution in [0.5, 0.6) is 0 Å². The van der Waals surface area contributed by atoms with Gasteiger partial charge in [-0.3, -0.25) is 19.4 Å². The molecule has 0 aliphatic rings. The summed E-state index contributed by atoms with van der Waals surface area (Å²) in [6, 6.07) is 5.17. The standard InChI is InChI=1S/C20H19ClN8O3S/c1-12(24-20(30)13-8-14(21)10-15(9-13)33(3,31)32)18-19(23-6-5-22-18)16-11-29(27-25-16)17-4-7-28(2)26-17/h4-12H,1-3H3,(H,24,30). The third-order valence-electron chi connectivity index (χ3n) is 4.72. The van der Waals surface area contributed by atoms with E-state index in [1.165, 1.54) is 35.3 Å². The van der Waals surface area contributed by atoms with Crippen LogP contribution in [-0.2, 0) is 16.9 Å². The molecule has 3 heterocycles. The molecule has 0 saturated heterocycles. The van der Waals surface area contributed by atoms with Gasteiger partial charge < -0.3 is 5.32 Å². The molecule has 13 heteroatoms. The highest BCUT2D eigenvalue weighted by Gasteiger charge is 2.21. The number of benzene rings is 1. The number of sulfone groups is 1. The van der Waals surface area contributed by atoms with Gasteiger partial charge in [0, 0.05) is 48.5 Å². The summed E-state index contributed by atoms with van der Waals surface area (Å²) < 4.78 is 26.9. The minimum atomic E-state index is -3.53. The summed E-state index contributed by atoms with van der Waals surface area (Å²) in [5.74, 6) is 0.0781. The van der Waals surface area contributed by atoms with Crippen LogP contribution >= 0.6 is 11.6 Å². The molecule has 0 radical (unpaired) electrons. The molecule has 11 nitrogen and oxygen atoms in total. The van der Waals surface area contributed by atoms with Crippen molar-refractivity contribution in [2.45, 2.75) is 17.9 Å². The maximum absolute atomic E-state index is 12.8. The highest BCUT2D eigenvalue weighted by atomic mass is 35.5. The van der Waals surface area contributed by atoms with Crippen molar-refractivity contribution in [3.05, 3.63) is 65.3 Å². The number of nitrogens with zero attached hydrogens (tertiary/aromatic N) is 7. The molecule has 4 aromatic rings. The van der Waals surface area contributed by atoms with E-state index in [1.807, 2.05) is 0 Å². The van der Waals surface area contributed by atoms with Crippen LogP contribution in [0.1, 0.15) is 29.0 Å². The summed E-state index contributed by atoms with van der Waals surface area (Å²) in [4.78, 5) is 21.5. The first-order valence-electron chi connectivity index (χ1n) is 9.67. The molecule has 0 spiro atoms. The Morgan fingerprint density at radius 2 is 1.94 bits per heavy atom. The van der Waals surface area contributed by atoms with Gasteiger partial charge in [-0.05, 0) is 25.1 Å². The SMILES string of the molecule is CC(NC(=O)c1cc(Cl)cc(S(C)(=O)=O)c1)c1nccnc1-c1cn(-c2ccn(C)n2)nn1. The molecule has 1 atom stereocenters. The van der Waals surface area contributed by atoms with Gasteiger partial charge in [-0.25, -0.2) is 8.42 Å². The Hall–Kier alpha value is -3.64. The Morgan fingerprint density at radius 3 is 2.64 bits per heavy atom. The highest BCUT2D eigenvalue weighted by Crippen LogP contribution is 2.24. The monoisotopic (exact) mass is 486 g/mol. The minimum Gasteiger partial charge on any atom is -0.344 e. The van der Waals surface area contributed by atoms with Gasteiger partial charge in [-0.2, -0.15) is 9.78 Å². The fourth-order valence-corrected chi connectivity index (χ4v) is 4.11. The van der Waals surface area contributed by atoms with Gasteiger partial charge in [0.25, 0.3) is 5.91 Å². The van der Waals surface area contributed by atoms with Crippen molar-refractivity contribution in [1.29, 1.82) is 0 Å². The molecular weight excluding hydrogens is 468 g/mol. The molecule has 1 N–H and O–H groups in total. The summed E-state index contributed by atoms with van der Waals surface area (Å²) in [5, 5.41) is 15.5. The molecule has 1 amide bonds. The van der Waals surface area contributed by atoms with Crippen LogP contribution in [0.4, 0.5) is 0 Å². The Labute approximate surface area is 194 Å². The van der Waals surface area contributed by atoms with Crippen molar-refractivity contribution in [1.82, 2.24) is 40.1 Å². The molecule has 33 heavy (non-hydrogen) atoms. The van der Waals surface area contributed by atoms with E-state index in [4.69, 9.17) is 11.6 Å². The maximum atomic E-state index is 12.8. The first-order chi connectivity index (χ1) is 15.6. The van der Waals surface area contributed by atoms with Crippen LogP contribution in [-0.4, -0.2) is 55.3 Å². The van der Waals surface area contributed by atoms with Crippen LogP contribution in [0.3, 0.4) is 0 Å². The minimum absolute atomic E-state index is 0.0425. The van der Waals surface area contributed by atoms with E-state index in [1.54, 1.807) is 37.1 Å². The van der Waals surface area contributed by atoms with Crippen molar-refractivity contribution in [3.63, 3.8) is 0 Å². The Balaban J connectivity index is 1.61. The molecule has 0 aliphatic heterocycles. The number of aromatic nitrogens is 7. The number of amides is 1. The zero-order chi connectivity index (χ0) is 23.8. The Morgan fingerprint density at radius 1 is 1.18 bits per heavy atom. The molecule has 1 aromatic carbocycles. The van der Waals surface area contributed by atoms with E-state index in [0.717, 1.165) is 6.26 Å². The van der Waals surface area contributed by atoms with Gasteiger partial charge in [-0.15, -0.1) is 5.10 Å². The molecule has 0 bridgehead atoms. The lowest BCUT2D eigenvalue weighted by Crippen LogP contribution is -2.28. The van der Waals surface area contributed by atoms with E-state index < -0.39 is 21.8 Å². The molecular formula is C20H19ClN8O3S. The van der Waals surface area contributed by atoms with Crippen LogP contribution < -0.4 is 5.32 Å². The second-order valence-corrected chi connectivity index (χ2v) is 9.78. The largest absolute Gasteiger partial charge is 0.344 e. The zero-order valence-electron chi connectivity index (χ0n) is 17.8. The lowest BCUT2D eigenvalue weighted by molar-refractivity contribution is 0.0939. The van der Waals surface area contributed by atoms with Crippen molar-refractivity contribution in [2.24, 2.45) is 7.05 Å². The van der Waals surface area contributed by atoms with E-state index in [-0.39, 0.29) is 15.5 Å². The second-order valence-electron chi connectivity index (χ2n) is 7.33. The number of nitrogens with one attached hydrogen (secondary N) is 1. The molecule has 4 rings (SSSR count). The molecule has 0 saturated carbocycles. The number of halogens is 1. The third-order valence-corrected chi connectivity index (χ3v) is 6.03. The quantitative estimate of drug-likeness (QED) is 0.436. The van der Waals surface area contributed by atoms with Crippen molar-refractivity contribution in [2.75, 3.05) is 6.26 Å². The molecule has 0 fully saturated rings. The fourth-order valence-electron chi connectivity index (χ4n) is 3.13. The molecule has 1 unspecified atom stereocenters. The fraction of sp³-hybridized carbons (Fsp3) is 0.200. The van der Waals surface area contributed by atoms with E-state index >= 15 is 0 Å². The predicted octanol–water partition coefficient (Wildman–Crippen LogP) is 2.01. The topological polar surface area (TPSA) is 138 Å². The summed E-state index contributed by atoms with van der Waals surface area (Å²) in [6.45, 7) is 1.73. The molecule has 0 aliphatic carbocycles.